The molecule has 2 aromatic heterocycles. The van der Waals surface area contributed by atoms with Crippen LogP contribution in [0.25, 0.3) is 11.2 Å². The molecule has 0 saturated carbocycles. The van der Waals surface area contributed by atoms with Crippen LogP contribution in [0.1, 0.15) is 12.6 Å². The number of nitrogens with two attached hydrogens (primary N) is 1. The molecule has 1 fully saturated rings. The van der Waals surface area contributed by atoms with E-state index in [1.165, 1.54) is 17.2 Å². The predicted molar refractivity (Wildman–Crippen MR) is 113 cm³/mol. The van der Waals surface area contributed by atoms with Gasteiger partial charge >= 0.3 is 185 Å². The van der Waals surface area contributed by atoms with Gasteiger partial charge in [-0.05, 0) is 0 Å². The van der Waals surface area contributed by atoms with Crippen LogP contribution in [0, 0.1) is 0 Å². The number of anilines is 1. The number of aliphatic carboxylic acids is 1. The first-order chi connectivity index (χ1) is 14.4. The summed E-state index contributed by atoms with van der Waals surface area (Å²) in [6, 6.07) is -0.768. The van der Waals surface area contributed by atoms with E-state index in [0.717, 1.165) is 0 Å². The number of aliphatic hydroxyl groups is 2. The molecule has 164 valence electrons. The van der Waals surface area contributed by atoms with Gasteiger partial charge in [0.15, 0.2) is 0 Å². The third-order valence-electron chi connectivity index (χ3n) is 4.75. The molecule has 3 heterocycles. The molecule has 1 aliphatic rings. The minimum atomic E-state index is -1.26. The zero-order chi connectivity index (χ0) is 21.8. The summed E-state index contributed by atoms with van der Waals surface area (Å²) < 4.78 is 9.20. The molecule has 0 aromatic carbocycles. The average Bonchev–Trinajstić information content (AvgIpc) is 3.26. The Kier molecular flexibility index (Phi) is 7.69. The number of thiol groups is 1. The van der Waals surface area contributed by atoms with Gasteiger partial charge in [-0.1, -0.05) is 0 Å². The number of carboxylic acid groups (broad SMARTS) is 1. The fourth-order valence-electron chi connectivity index (χ4n) is 3.27. The zero-order valence-electron chi connectivity index (χ0n) is 16.0. The molecular weight excluding hydrogens is 479 g/mol. The molecule has 0 amide bonds. The van der Waals surface area contributed by atoms with Crippen LogP contribution < -0.4 is 5.73 Å². The fourth-order valence-corrected chi connectivity index (χ4v) is 5.46. The van der Waals surface area contributed by atoms with Crippen LogP contribution in [0.5, 0.6) is 0 Å². The predicted octanol–water partition coefficient (Wildman–Crippen LogP) is -0.674. The molecule has 5 atom stereocenters. The second kappa shape index (κ2) is 10.1. The normalized spacial score (nSPS) is 25.1. The molecular formula is C17H24N6O5SSe. The molecule has 5 N–H and O–H groups in total. The first-order valence-electron chi connectivity index (χ1n) is 9.17. The van der Waals surface area contributed by atoms with Crippen molar-refractivity contribution in [1.29, 1.82) is 0 Å². The van der Waals surface area contributed by atoms with E-state index < -0.39 is 36.6 Å². The second-order valence-electron chi connectivity index (χ2n) is 6.68. The summed E-state index contributed by atoms with van der Waals surface area (Å²) in [6.07, 6.45) is 0.510. The molecule has 0 radical (unpaired) electrons. The number of rotatable bonds is 10. The number of aliphatic hydroxyl groups excluding tert-OH is 2. The number of ether oxygens (including phenoxy) is 1. The standard InChI is InChI=1S/C17H24N6O5SSe/c1-2-5-30-23(9(3-4-29)17(26)27)6-10-12(24)13(25)16(28-10)22-8-21-11-14(18)19-7-20-15(11)22/h2,7-10,12-13,16,24-25,29H,1,3-6H2,(H,26,27)(H2,18,19,20)/t9?,10-,12-,13-,16-/m1/s1. The van der Waals surface area contributed by atoms with Gasteiger partial charge in [0.05, 0.1) is 0 Å². The van der Waals surface area contributed by atoms with E-state index in [1.807, 2.05) is 0 Å². The Hall–Kier alpha value is -1.73. The van der Waals surface area contributed by atoms with Crippen LogP contribution in [0.4, 0.5) is 5.82 Å². The Balaban J connectivity index is 1.82. The third-order valence-corrected chi connectivity index (χ3v) is 7.36. The van der Waals surface area contributed by atoms with Crippen LogP contribution in [-0.2, 0) is 9.53 Å². The summed E-state index contributed by atoms with van der Waals surface area (Å²) in [5.41, 5.74) is 6.53. The van der Waals surface area contributed by atoms with Crippen molar-refractivity contribution in [2.45, 2.75) is 42.3 Å². The minimum absolute atomic E-state index is 0.136. The van der Waals surface area contributed by atoms with Gasteiger partial charge in [0.2, 0.25) is 0 Å². The van der Waals surface area contributed by atoms with Crippen molar-refractivity contribution in [3.05, 3.63) is 25.3 Å². The van der Waals surface area contributed by atoms with Crippen LogP contribution >= 0.6 is 12.6 Å². The Labute approximate surface area is 184 Å². The maximum absolute atomic E-state index is 11.8. The molecule has 13 heteroatoms. The number of aromatic nitrogens is 4. The summed E-state index contributed by atoms with van der Waals surface area (Å²) in [4.78, 5) is 23.9. The van der Waals surface area contributed by atoms with Crippen molar-refractivity contribution in [2.75, 3.05) is 18.0 Å². The molecule has 1 unspecified atom stereocenters. The monoisotopic (exact) mass is 504 g/mol. The maximum atomic E-state index is 11.8. The number of hydrogen-bond acceptors (Lipinski definition) is 10. The van der Waals surface area contributed by atoms with Gasteiger partial charge in [0.25, 0.3) is 0 Å². The van der Waals surface area contributed by atoms with Gasteiger partial charge < -0.3 is 0 Å². The van der Waals surface area contributed by atoms with Gasteiger partial charge in [-0.25, -0.2) is 0 Å². The number of fused-ring (bicyclic) bond motifs is 1. The average molecular weight is 503 g/mol. The van der Waals surface area contributed by atoms with E-state index in [4.69, 9.17) is 10.5 Å². The van der Waals surface area contributed by atoms with Gasteiger partial charge in [-0.15, -0.1) is 0 Å². The Morgan fingerprint density at radius 3 is 2.87 bits per heavy atom. The van der Waals surface area contributed by atoms with E-state index >= 15 is 0 Å². The van der Waals surface area contributed by atoms with E-state index in [0.29, 0.717) is 28.7 Å². The first kappa shape index (κ1) is 22.9. The van der Waals surface area contributed by atoms with Crippen LogP contribution in [-0.4, -0.2) is 96.6 Å². The second-order valence-corrected chi connectivity index (χ2v) is 9.35. The summed E-state index contributed by atoms with van der Waals surface area (Å²) in [5.74, 6) is -0.371. The Morgan fingerprint density at radius 1 is 1.43 bits per heavy atom. The van der Waals surface area contributed by atoms with Crippen LogP contribution in [0.15, 0.2) is 25.3 Å². The number of nitrogen functional groups attached to an aromatic ring is 1. The van der Waals surface area contributed by atoms with E-state index in [-0.39, 0.29) is 27.5 Å². The molecule has 2 aromatic rings. The fraction of sp³-hybridized carbons (Fsp3) is 0.529. The van der Waals surface area contributed by atoms with E-state index in [2.05, 4.69) is 34.2 Å². The van der Waals surface area contributed by atoms with Crippen molar-refractivity contribution >= 4 is 50.8 Å². The zero-order valence-corrected chi connectivity index (χ0v) is 18.6. The van der Waals surface area contributed by atoms with Gasteiger partial charge in [0, 0.05) is 0 Å². The number of carboxylic acids is 1. The number of allylic oxidation sites excluding steroid dienone is 1. The summed E-state index contributed by atoms with van der Waals surface area (Å²) >= 11 is 3.94. The summed E-state index contributed by atoms with van der Waals surface area (Å²) in [7, 11) is 0. The SMILES string of the molecule is C=CC[Se]N(C[C@H]1O[C@@H](n2cnc3c(N)ncnc32)[C@H](O)[C@@H]1O)C(CCS)C(=O)O. The topological polar surface area (TPSA) is 160 Å². The number of nitrogens with zero attached hydrogens (tertiary/aromatic N) is 5. The van der Waals surface area contributed by atoms with Gasteiger partial charge in [0.1, 0.15) is 0 Å². The van der Waals surface area contributed by atoms with Crippen molar-refractivity contribution in [3.8, 4) is 0 Å². The quantitative estimate of drug-likeness (QED) is 0.160. The molecule has 0 spiro atoms. The third kappa shape index (κ3) is 4.62. The van der Waals surface area contributed by atoms with Crippen LogP contribution in [0.2, 0.25) is 5.32 Å². The Morgan fingerprint density at radius 2 is 2.20 bits per heavy atom. The molecule has 3 rings (SSSR count). The summed E-state index contributed by atoms with van der Waals surface area (Å²) in [5, 5.41) is 31.5. The van der Waals surface area contributed by atoms with Crippen molar-refractivity contribution < 1.29 is 24.9 Å². The molecule has 0 aliphatic carbocycles. The van der Waals surface area contributed by atoms with Gasteiger partial charge in [-0.2, -0.15) is 0 Å². The number of imidazole rings is 1. The van der Waals surface area contributed by atoms with Gasteiger partial charge in [-0.3, -0.25) is 0 Å². The molecule has 11 nitrogen and oxygen atoms in total. The van der Waals surface area contributed by atoms with Crippen molar-refractivity contribution in [3.63, 3.8) is 0 Å². The molecule has 1 aliphatic heterocycles. The molecule has 1 saturated heterocycles. The van der Waals surface area contributed by atoms with Crippen molar-refractivity contribution in [2.24, 2.45) is 0 Å². The molecule has 0 bridgehead atoms. The summed E-state index contributed by atoms with van der Waals surface area (Å²) in [6.45, 7) is 3.83. The molecule has 30 heavy (non-hydrogen) atoms. The van der Waals surface area contributed by atoms with Crippen LogP contribution in [0.3, 0.4) is 0 Å². The van der Waals surface area contributed by atoms with E-state index in [1.54, 1.807) is 9.99 Å². The number of hydrogen-bond donors (Lipinski definition) is 5. The van der Waals surface area contributed by atoms with Crippen molar-refractivity contribution in [1.82, 2.24) is 23.4 Å². The first-order valence-corrected chi connectivity index (χ1v) is 11.8. The Bertz CT molecular complexity index is 901. The van der Waals surface area contributed by atoms with E-state index in [9.17, 15) is 20.1 Å². The number of carbonyl (C=O) groups is 1.